The summed E-state index contributed by atoms with van der Waals surface area (Å²) in [5, 5.41) is 0. The summed E-state index contributed by atoms with van der Waals surface area (Å²) in [6.45, 7) is 5.50. The van der Waals surface area contributed by atoms with Gasteiger partial charge in [0.25, 0.3) is 0 Å². The topological polar surface area (TPSA) is 35.5 Å². The van der Waals surface area contributed by atoms with E-state index >= 15 is 0 Å². The number of ether oxygens (including phenoxy) is 2. The fourth-order valence-corrected chi connectivity index (χ4v) is 3.58. The minimum absolute atomic E-state index is 0.487. The number of unbranched alkanes of at least 4 members (excludes halogenated alkanes) is 17. The van der Waals surface area contributed by atoms with E-state index in [1.165, 1.54) is 103 Å². The van der Waals surface area contributed by atoms with Crippen LogP contribution in [0.2, 0.25) is 0 Å². The molecule has 0 aliphatic carbocycles. The van der Waals surface area contributed by atoms with Gasteiger partial charge in [0.2, 0.25) is 0 Å². The lowest BCUT2D eigenvalue weighted by atomic mass is 10.1. The predicted octanol–water partition coefficient (Wildman–Crippen LogP) is 9.54. The third-order valence-corrected chi connectivity index (χ3v) is 5.59. The first kappa shape index (κ1) is 29.0. The maximum absolute atomic E-state index is 11.5. The Morgan fingerprint density at radius 3 is 1.27 bits per heavy atom. The lowest BCUT2D eigenvalue weighted by Gasteiger charge is -2.06. The summed E-state index contributed by atoms with van der Waals surface area (Å²) in [4.78, 5) is 11.5. The van der Waals surface area contributed by atoms with Crippen molar-refractivity contribution >= 4 is 6.16 Å². The third-order valence-electron chi connectivity index (χ3n) is 5.59. The molecule has 0 aliphatic heterocycles. The second kappa shape index (κ2) is 26.0. The summed E-state index contributed by atoms with van der Waals surface area (Å²) in [6.07, 6.45) is 29.3. The van der Waals surface area contributed by atoms with Crippen LogP contribution < -0.4 is 0 Å². The highest BCUT2D eigenvalue weighted by Crippen LogP contribution is 2.10. The Morgan fingerprint density at radius 1 is 0.500 bits per heavy atom. The number of carbonyl (C=O) groups is 1. The van der Waals surface area contributed by atoms with Gasteiger partial charge in [-0.3, -0.25) is 0 Å². The van der Waals surface area contributed by atoms with Gasteiger partial charge in [-0.25, -0.2) is 4.79 Å². The minimum atomic E-state index is -0.487. The van der Waals surface area contributed by atoms with Crippen LogP contribution in [0.15, 0.2) is 12.2 Å². The van der Waals surface area contributed by atoms with Crippen molar-refractivity contribution < 1.29 is 14.3 Å². The van der Waals surface area contributed by atoms with E-state index in [4.69, 9.17) is 9.47 Å². The maximum Gasteiger partial charge on any atom is 0.508 e. The van der Waals surface area contributed by atoms with Crippen molar-refractivity contribution in [3.63, 3.8) is 0 Å². The molecule has 0 atom stereocenters. The fourth-order valence-electron chi connectivity index (χ4n) is 3.58. The van der Waals surface area contributed by atoms with Gasteiger partial charge in [-0.2, -0.15) is 0 Å². The number of rotatable bonds is 23. The zero-order valence-electron chi connectivity index (χ0n) is 20.4. The van der Waals surface area contributed by atoms with Gasteiger partial charge in [-0.05, 0) is 38.5 Å². The van der Waals surface area contributed by atoms with Crippen LogP contribution in [-0.2, 0) is 9.47 Å². The molecule has 3 nitrogen and oxygen atoms in total. The molecule has 0 fully saturated rings. The molecule has 0 N–H and O–H groups in total. The van der Waals surface area contributed by atoms with Crippen LogP contribution in [0.1, 0.15) is 142 Å². The van der Waals surface area contributed by atoms with Gasteiger partial charge in [-0.1, -0.05) is 116 Å². The van der Waals surface area contributed by atoms with Crippen LogP contribution in [0.3, 0.4) is 0 Å². The van der Waals surface area contributed by atoms with Gasteiger partial charge >= 0.3 is 6.16 Å². The minimum Gasteiger partial charge on any atom is -0.434 e. The maximum atomic E-state index is 11.5. The summed E-state index contributed by atoms with van der Waals surface area (Å²) in [5.41, 5.74) is 0. The van der Waals surface area contributed by atoms with Gasteiger partial charge in [0.1, 0.15) is 0 Å². The van der Waals surface area contributed by atoms with Crippen molar-refractivity contribution in [1.29, 1.82) is 0 Å². The molecule has 0 bridgehead atoms. The Bertz CT molecular complexity index is 365. The molecule has 0 radical (unpaired) electrons. The fraction of sp³-hybridized carbons (Fsp3) is 0.889. The molecule has 0 spiro atoms. The molecule has 30 heavy (non-hydrogen) atoms. The largest absolute Gasteiger partial charge is 0.508 e. The van der Waals surface area contributed by atoms with Gasteiger partial charge in [0.05, 0.1) is 13.2 Å². The zero-order chi connectivity index (χ0) is 22.0. The van der Waals surface area contributed by atoms with Crippen LogP contribution in [0, 0.1) is 0 Å². The second-order valence-corrected chi connectivity index (χ2v) is 8.65. The summed E-state index contributed by atoms with van der Waals surface area (Å²) in [7, 11) is 0. The van der Waals surface area contributed by atoms with E-state index in [1.807, 2.05) is 0 Å². The summed E-state index contributed by atoms with van der Waals surface area (Å²) < 4.78 is 10.3. The molecular weight excluding hydrogens is 372 g/mol. The number of carbonyl (C=O) groups excluding carboxylic acids is 1. The first-order valence-corrected chi connectivity index (χ1v) is 13.3. The monoisotopic (exact) mass is 424 g/mol. The normalized spacial score (nSPS) is 11.3. The first-order chi connectivity index (χ1) is 14.8. The average molecular weight is 425 g/mol. The quantitative estimate of drug-likeness (QED) is 0.0930. The summed E-state index contributed by atoms with van der Waals surface area (Å²) in [5.74, 6) is 0. The number of hydrogen-bond acceptors (Lipinski definition) is 3. The highest BCUT2D eigenvalue weighted by molar-refractivity contribution is 5.59. The van der Waals surface area contributed by atoms with Crippen LogP contribution in [0.4, 0.5) is 4.79 Å². The Labute approximate surface area is 188 Å². The van der Waals surface area contributed by atoms with Crippen LogP contribution in [-0.4, -0.2) is 19.4 Å². The molecule has 0 aromatic rings. The van der Waals surface area contributed by atoms with E-state index < -0.39 is 6.16 Å². The van der Waals surface area contributed by atoms with Gasteiger partial charge in [0, 0.05) is 0 Å². The molecule has 178 valence electrons. The van der Waals surface area contributed by atoms with Gasteiger partial charge in [0.15, 0.2) is 0 Å². The second-order valence-electron chi connectivity index (χ2n) is 8.65. The van der Waals surface area contributed by atoms with Crippen LogP contribution in [0.25, 0.3) is 0 Å². The molecule has 0 saturated heterocycles. The van der Waals surface area contributed by atoms with Crippen molar-refractivity contribution in [3.8, 4) is 0 Å². The van der Waals surface area contributed by atoms with E-state index in [1.54, 1.807) is 0 Å². The van der Waals surface area contributed by atoms with E-state index in [2.05, 4.69) is 26.0 Å². The van der Waals surface area contributed by atoms with Gasteiger partial charge in [-0.15, -0.1) is 0 Å². The molecular formula is C27H52O3. The molecule has 0 unspecified atom stereocenters. The number of allylic oxidation sites excluding steroid dienone is 2. The predicted molar refractivity (Wildman–Crippen MR) is 130 cm³/mol. The number of hydrogen-bond donors (Lipinski definition) is 0. The van der Waals surface area contributed by atoms with E-state index in [9.17, 15) is 4.79 Å². The lowest BCUT2D eigenvalue weighted by molar-refractivity contribution is 0.0529. The smallest absolute Gasteiger partial charge is 0.434 e. The SMILES string of the molecule is CCCCCC/C=C\CCCCCCCCOC(=O)OCCCCCCCCCC. The van der Waals surface area contributed by atoms with E-state index in [0.29, 0.717) is 13.2 Å². The molecule has 0 aromatic carbocycles. The summed E-state index contributed by atoms with van der Waals surface area (Å²) in [6, 6.07) is 0. The van der Waals surface area contributed by atoms with E-state index in [-0.39, 0.29) is 0 Å². The molecule has 0 heterocycles. The Morgan fingerprint density at radius 2 is 0.833 bits per heavy atom. The van der Waals surface area contributed by atoms with Crippen molar-refractivity contribution in [2.75, 3.05) is 13.2 Å². The molecule has 0 rings (SSSR count). The standard InChI is InChI=1S/C27H52O3/c1-3-5-7-9-11-13-14-15-16-17-18-20-22-24-26-30-27(28)29-25-23-21-19-12-10-8-6-4-2/h13-14H,3-12,15-26H2,1-2H3/b14-13-. The Hall–Kier alpha value is -0.990. The molecule has 0 aliphatic rings. The first-order valence-electron chi connectivity index (χ1n) is 13.3. The molecule has 3 heteroatoms. The van der Waals surface area contributed by atoms with E-state index in [0.717, 1.165) is 25.7 Å². The third kappa shape index (κ3) is 25.0. The average Bonchev–Trinajstić information content (AvgIpc) is 2.75. The van der Waals surface area contributed by atoms with Crippen LogP contribution >= 0.6 is 0 Å². The van der Waals surface area contributed by atoms with Gasteiger partial charge < -0.3 is 9.47 Å². The molecule has 0 aromatic heterocycles. The summed E-state index contributed by atoms with van der Waals surface area (Å²) >= 11 is 0. The Balaban J connectivity index is 3.18. The van der Waals surface area contributed by atoms with Crippen LogP contribution in [0.5, 0.6) is 0 Å². The van der Waals surface area contributed by atoms with Crippen molar-refractivity contribution in [3.05, 3.63) is 12.2 Å². The molecule has 0 saturated carbocycles. The van der Waals surface area contributed by atoms with Crippen molar-refractivity contribution in [1.82, 2.24) is 0 Å². The highest BCUT2D eigenvalue weighted by atomic mass is 16.7. The Kier molecular flexibility index (Phi) is 25.2. The van der Waals surface area contributed by atoms with Crippen molar-refractivity contribution in [2.24, 2.45) is 0 Å². The van der Waals surface area contributed by atoms with Crippen molar-refractivity contribution in [2.45, 2.75) is 142 Å². The zero-order valence-corrected chi connectivity index (χ0v) is 20.4. The molecule has 0 amide bonds. The highest BCUT2D eigenvalue weighted by Gasteiger charge is 2.03. The lowest BCUT2D eigenvalue weighted by Crippen LogP contribution is -2.09.